The minimum absolute atomic E-state index is 0.0966. The summed E-state index contributed by atoms with van der Waals surface area (Å²) in [6.45, 7) is 3.13. The number of rotatable bonds is 4. The number of hydrogen-bond acceptors (Lipinski definition) is 7. The predicted molar refractivity (Wildman–Crippen MR) is 117 cm³/mol. The van der Waals surface area contributed by atoms with Crippen LogP contribution in [0.3, 0.4) is 0 Å². The van der Waals surface area contributed by atoms with Gasteiger partial charge in [0.15, 0.2) is 5.76 Å². The van der Waals surface area contributed by atoms with E-state index in [9.17, 15) is 9.59 Å². The lowest BCUT2D eigenvalue weighted by Gasteiger charge is -2.34. The zero-order valence-electron chi connectivity index (χ0n) is 16.4. The first-order valence-electron chi connectivity index (χ1n) is 9.78. The van der Waals surface area contributed by atoms with Crippen molar-refractivity contribution in [2.75, 3.05) is 26.2 Å². The lowest BCUT2D eigenvalue weighted by molar-refractivity contribution is 0.0596. The van der Waals surface area contributed by atoms with Gasteiger partial charge in [-0.1, -0.05) is 35.1 Å². The van der Waals surface area contributed by atoms with Gasteiger partial charge in [-0.15, -0.1) is 0 Å². The number of amides is 1. The summed E-state index contributed by atoms with van der Waals surface area (Å²) in [5.74, 6) is 0.259. The van der Waals surface area contributed by atoms with Gasteiger partial charge in [0.1, 0.15) is 5.01 Å². The summed E-state index contributed by atoms with van der Waals surface area (Å²) >= 11 is 7.43. The van der Waals surface area contributed by atoms with Crippen molar-refractivity contribution in [1.82, 2.24) is 24.4 Å². The molecule has 0 atom stereocenters. The number of carbonyl (C=O) groups is 1. The van der Waals surface area contributed by atoms with E-state index in [-0.39, 0.29) is 11.5 Å². The minimum atomic E-state index is -0.212. The molecule has 0 N–H and O–H groups in total. The molecule has 5 rings (SSSR count). The molecule has 0 saturated carbocycles. The highest BCUT2D eigenvalue weighted by Gasteiger charge is 2.24. The van der Waals surface area contributed by atoms with Gasteiger partial charge >= 0.3 is 0 Å². The molecule has 0 aliphatic carbocycles. The SMILES string of the molecule is O=C(c1ccco1)N1CCN(Cc2cc(=O)n3nc(-c4cccc(Cl)c4)sc3n2)CC1. The van der Waals surface area contributed by atoms with Crippen LogP contribution in [0.25, 0.3) is 15.5 Å². The van der Waals surface area contributed by atoms with Gasteiger partial charge in [-0.25, -0.2) is 4.98 Å². The normalized spacial score (nSPS) is 14.9. The monoisotopic (exact) mass is 455 g/mol. The number of benzene rings is 1. The van der Waals surface area contributed by atoms with Gasteiger partial charge in [-0.05, 0) is 24.3 Å². The Balaban J connectivity index is 1.30. The summed E-state index contributed by atoms with van der Waals surface area (Å²) in [5, 5.41) is 5.70. The molecule has 3 aromatic heterocycles. The maximum atomic E-state index is 12.6. The topological polar surface area (TPSA) is 84.0 Å². The smallest absolute Gasteiger partial charge is 0.289 e. The summed E-state index contributed by atoms with van der Waals surface area (Å²) in [4.78, 5) is 34.1. The van der Waals surface area contributed by atoms with E-state index in [2.05, 4.69) is 15.0 Å². The van der Waals surface area contributed by atoms with Crippen LogP contribution in [-0.2, 0) is 6.54 Å². The zero-order chi connectivity index (χ0) is 21.4. The molecule has 1 amide bonds. The third-order valence-corrected chi connectivity index (χ3v) is 6.34. The molecular formula is C21H18ClN5O3S. The first-order chi connectivity index (χ1) is 15.1. The van der Waals surface area contributed by atoms with Crippen molar-refractivity contribution in [3.63, 3.8) is 0 Å². The maximum absolute atomic E-state index is 12.6. The van der Waals surface area contributed by atoms with Crippen LogP contribution in [0.4, 0.5) is 0 Å². The predicted octanol–water partition coefficient (Wildman–Crippen LogP) is 3.02. The maximum Gasteiger partial charge on any atom is 0.289 e. The van der Waals surface area contributed by atoms with Crippen LogP contribution in [0, 0.1) is 0 Å². The lowest BCUT2D eigenvalue weighted by Crippen LogP contribution is -2.48. The lowest BCUT2D eigenvalue weighted by atomic mass is 10.2. The third kappa shape index (κ3) is 4.12. The van der Waals surface area contributed by atoms with E-state index in [1.165, 1.54) is 28.2 Å². The molecule has 0 radical (unpaired) electrons. The average Bonchev–Trinajstić information content (AvgIpc) is 3.44. The van der Waals surface area contributed by atoms with Crippen LogP contribution in [-0.4, -0.2) is 56.5 Å². The molecule has 10 heteroatoms. The van der Waals surface area contributed by atoms with Gasteiger partial charge in [0.2, 0.25) is 4.96 Å². The number of nitrogens with zero attached hydrogens (tertiary/aromatic N) is 5. The van der Waals surface area contributed by atoms with Crippen LogP contribution >= 0.6 is 22.9 Å². The molecule has 1 fully saturated rings. The van der Waals surface area contributed by atoms with Crippen molar-refractivity contribution in [2.24, 2.45) is 0 Å². The largest absolute Gasteiger partial charge is 0.459 e. The Hall–Kier alpha value is -3.01. The Kier molecular flexibility index (Phi) is 5.31. The van der Waals surface area contributed by atoms with Crippen LogP contribution in [0.15, 0.2) is 57.9 Å². The summed E-state index contributed by atoms with van der Waals surface area (Å²) in [7, 11) is 0. The molecule has 1 saturated heterocycles. The quantitative estimate of drug-likeness (QED) is 0.470. The van der Waals surface area contributed by atoms with E-state index >= 15 is 0 Å². The van der Waals surface area contributed by atoms with E-state index in [1.807, 2.05) is 18.2 Å². The number of hydrogen-bond donors (Lipinski definition) is 0. The molecule has 1 aromatic carbocycles. The Morgan fingerprint density at radius 3 is 2.71 bits per heavy atom. The molecular weight excluding hydrogens is 438 g/mol. The van der Waals surface area contributed by atoms with Crippen molar-refractivity contribution in [2.45, 2.75) is 6.54 Å². The number of aromatic nitrogens is 3. The average molecular weight is 456 g/mol. The van der Waals surface area contributed by atoms with E-state index in [0.29, 0.717) is 59.2 Å². The van der Waals surface area contributed by atoms with E-state index in [0.717, 1.165) is 5.56 Å². The molecule has 1 aliphatic rings. The molecule has 31 heavy (non-hydrogen) atoms. The van der Waals surface area contributed by atoms with E-state index in [1.54, 1.807) is 23.1 Å². The standard InChI is InChI=1S/C21H18ClN5O3S/c22-15-4-1-3-14(11-15)19-24-27-18(28)12-16(23-21(27)31-19)13-25-6-8-26(9-7-25)20(29)17-5-2-10-30-17/h1-5,10-12H,6-9,13H2. The first-order valence-corrected chi connectivity index (χ1v) is 11.0. The minimum Gasteiger partial charge on any atom is -0.459 e. The number of furan rings is 1. The number of piperazine rings is 1. The first kappa shape index (κ1) is 19.9. The van der Waals surface area contributed by atoms with Crippen LogP contribution in [0.5, 0.6) is 0 Å². The molecule has 158 valence electrons. The summed E-state index contributed by atoms with van der Waals surface area (Å²) in [6.07, 6.45) is 1.50. The second kappa shape index (κ2) is 8.26. The van der Waals surface area contributed by atoms with Crippen molar-refractivity contribution in [3.8, 4) is 10.6 Å². The van der Waals surface area contributed by atoms with Crippen LogP contribution < -0.4 is 5.56 Å². The third-order valence-electron chi connectivity index (χ3n) is 5.15. The molecule has 0 unspecified atom stereocenters. The fourth-order valence-electron chi connectivity index (χ4n) is 3.57. The van der Waals surface area contributed by atoms with Gasteiger partial charge in [-0.3, -0.25) is 14.5 Å². The second-order valence-electron chi connectivity index (χ2n) is 7.24. The molecule has 1 aliphatic heterocycles. The van der Waals surface area contributed by atoms with Gasteiger partial charge in [0.05, 0.1) is 12.0 Å². The molecule has 8 nitrogen and oxygen atoms in total. The fraction of sp³-hybridized carbons (Fsp3) is 0.238. The Morgan fingerprint density at radius 2 is 1.97 bits per heavy atom. The molecule has 0 bridgehead atoms. The van der Waals surface area contributed by atoms with Crippen molar-refractivity contribution < 1.29 is 9.21 Å². The zero-order valence-corrected chi connectivity index (χ0v) is 18.0. The highest BCUT2D eigenvalue weighted by molar-refractivity contribution is 7.19. The second-order valence-corrected chi connectivity index (χ2v) is 8.64. The Morgan fingerprint density at radius 1 is 1.13 bits per heavy atom. The molecule has 4 aromatic rings. The van der Waals surface area contributed by atoms with Crippen molar-refractivity contribution in [1.29, 1.82) is 0 Å². The van der Waals surface area contributed by atoms with Crippen molar-refractivity contribution >= 4 is 33.8 Å². The highest BCUT2D eigenvalue weighted by atomic mass is 35.5. The van der Waals surface area contributed by atoms with E-state index in [4.69, 9.17) is 16.0 Å². The van der Waals surface area contributed by atoms with Gasteiger partial charge in [0, 0.05) is 49.4 Å². The van der Waals surface area contributed by atoms with Crippen LogP contribution in [0.1, 0.15) is 16.2 Å². The molecule has 4 heterocycles. The van der Waals surface area contributed by atoms with E-state index < -0.39 is 0 Å². The summed E-state index contributed by atoms with van der Waals surface area (Å²) in [5.41, 5.74) is 1.33. The van der Waals surface area contributed by atoms with Gasteiger partial charge in [0.25, 0.3) is 11.5 Å². The van der Waals surface area contributed by atoms with Gasteiger partial charge < -0.3 is 9.32 Å². The summed E-state index contributed by atoms with van der Waals surface area (Å²) in [6, 6.07) is 12.3. The summed E-state index contributed by atoms with van der Waals surface area (Å²) < 4.78 is 6.53. The Bertz CT molecular complexity index is 1290. The number of fused-ring (bicyclic) bond motifs is 1. The van der Waals surface area contributed by atoms with Crippen LogP contribution in [0.2, 0.25) is 5.02 Å². The fourth-order valence-corrected chi connectivity index (χ4v) is 4.68. The number of halogens is 1. The van der Waals surface area contributed by atoms with Crippen molar-refractivity contribution in [3.05, 3.63) is 75.6 Å². The van der Waals surface area contributed by atoms with Gasteiger partial charge in [-0.2, -0.15) is 9.61 Å². The number of carbonyl (C=O) groups excluding carboxylic acids is 1. The molecule has 0 spiro atoms. The Labute approximate surface area is 186 Å². The highest BCUT2D eigenvalue weighted by Crippen LogP contribution is 2.26.